The maximum absolute atomic E-state index is 13.2. The Morgan fingerprint density at radius 2 is 1.59 bits per heavy atom. The van der Waals surface area contributed by atoms with Crippen molar-refractivity contribution in [1.29, 1.82) is 0 Å². The summed E-state index contributed by atoms with van der Waals surface area (Å²) in [5.41, 5.74) is 12.6. The predicted molar refractivity (Wildman–Crippen MR) is 135 cm³/mol. The molecule has 0 spiro atoms. The van der Waals surface area contributed by atoms with Gasteiger partial charge in [0.1, 0.15) is 9.71 Å². The number of nitrogen functional groups attached to an aromatic ring is 1. The minimum Gasteiger partial charge on any atom is -0.397 e. The zero-order chi connectivity index (χ0) is 22.2. The van der Waals surface area contributed by atoms with Gasteiger partial charge in [0.25, 0.3) is 0 Å². The molecule has 0 bridgehead atoms. The van der Waals surface area contributed by atoms with Crippen molar-refractivity contribution < 1.29 is 4.79 Å². The Morgan fingerprint density at radius 3 is 2.28 bits per heavy atom. The van der Waals surface area contributed by atoms with Crippen molar-refractivity contribution in [2.45, 2.75) is 6.92 Å². The van der Waals surface area contributed by atoms with Crippen LogP contribution in [0.2, 0.25) is 5.02 Å². The lowest BCUT2D eigenvalue weighted by Crippen LogP contribution is -2.02. The van der Waals surface area contributed by atoms with E-state index in [1.807, 2.05) is 30.3 Å². The van der Waals surface area contributed by atoms with E-state index in [4.69, 9.17) is 22.3 Å². The lowest BCUT2D eigenvalue weighted by atomic mass is 9.98. The lowest BCUT2D eigenvalue weighted by molar-refractivity contribution is 0.104. The van der Waals surface area contributed by atoms with Gasteiger partial charge in [-0.15, -0.1) is 11.3 Å². The number of fused-ring (bicyclic) bond motifs is 1. The van der Waals surface area contributed by atoms with Gasteiger partial charge in [-0.3, -0.25) is 4.79 Å². The first-order valence-electron chi connectivity index (χ1n) is 10.2. The Bertz CT molecular complexity index is 1440. The van der Waals surface area contributed by atoms with E-state index in [2.05, 4.69) is 37.3 Å². The number of ketones is 1. The highest BCUT2D eigenvalue weighted by molar-refractivity contribution is 7.21. The van der Waals surface area contributed by atoms with E-state index < -0.39 is 0 Å². The van der Waals surface area contributed by atoms with Crippen LogP contribution in [0.15, 0.2) is 84.9 Å². The Kier molecular flexibility index (Phi) is 5.25. The van der Waals surface area contributed by atoms with Gasteiger partial charge in [0.05, 0.1) is 11.4 Å². The molecule has 3 aromatic carbocycles. The minimum atomic E-state index is -0.127. The molecule has 0 aliphatic carbocycles. The van der Waals surface area contributed by atoms with Crippen molar-refractivity contribution in [2.75, 3.05) is 5.73 Å². The molecule has 3 nitrogen and oxygen atoms in total. The minimum absolute atomic E-state index is 0.127. The first kappa shape index (κ1) is 20.4. The van der Waals surface area contributed by atoms with Crippen molar-refractivity contribution in [3.05, 3.63) is 106 Å². The number of benzene rings is 3. The lowest BCUT2D eigenvalue weighted by Gasteiger charge is -2.09. The third-order valence-electron chi connectivity index (χ3n) is 5.44. The smallest absolute Gasteiger partial charge is 0.205 e. The first-order chi connectivity index (χ1) is 15.5. The Balaban J connectivity index is 1.74. The number of nitrogens with two attached hydrogens (primary N) is 1. The molecular weight excluding hydrogens is 436 g/mol. The largest absolute Gasteiger partial charge is 0.397 e. The summed E-state index contributed by atoms with van der Waals surface area (Å²) in [6.07, 6.45) is 0. The molecule has 0 atom stereocenters. The highest BCUT2D eigenvalue weighted by Gasteiger charge is 2.22. The number of carbonyl (C=O) groups excluding carboxylic acids is 1. The van der Waals surface area contributed by atoms with Crippen LogP contribution >= 0.6 is 22.9 Å². The second-order valence-electron chi connectivity index (χ2n) is 7.65. The predicted octanol–water partition coefficient (Wildman–Crippen LogP) is 7.41. The van der Waals surface area contributed by atoms with Crippen molar-refractivity contribution in [1.82, 2.24) is 4.98 Å². The van der Waals surface area contributed by atoms with Gasteiger partial charge < -0.3 is 5.73 Å². The van der Waals surface area contributed by atoms with Crippen LogP contribution in [0, 0.1) is 6.92 Å². The molecule has 0 aliphatic rings. The van der Waals surface area contributed by atoms with E-state index in [0.717, 1.165) is 32.6 Å². The molecule has 2 N–H and O–H groups in total. The number of carbonyl (C=O) groups is 1. The van der Waals surface area contributed by atoms with E-state index in [0.29, 0.717) is 21.2 Å². The van der Waals surface area contributed by atoms with Crippen LogP contribution in [0.1, 0.15) is 20.8 Å². The summed E-state index contributed by atoms with van der Waals surface area (Å²) in [5.74, 6) is -0.127. The summed E-state index contributed by atoms with van der Waals surface area (Å²) in [6, 6.07) is 27.3. The normalized spacial score (nSPS) is 11.1. The van der Waals surface area contributed by atoms with Crippen LogP contribution in [0.25, 0.3) is 32.6 Å². The standard InChI is InChI=1S/C27H19ClN2OS/c1-16-7-9-18(10-8-16)22-15-21(17-5-3-2-4-6-17)23-24(29)26(32-27(23)30-22)25(31)19-11-13-20(28)14-12-19/h2-15H,29H2,1H3. The van der Waals surface area contributed by atoms with Gasteiger partial charge in [-0.1, -0.05) is 71.8 Å². The summed E-state index contributed by atoms with van der Waals surface area (Å²) in [6.45, 7) is 2.06. The first-order valence-corrected chi connectivity index (χ1v) is 11.4. The van der Waals surface area contributed by atoms with Crippen molar-refractivity contribution >= 4 is 44.6 Å². The van der Waals surface area contributed by atoms with Crippen molar-refractivity contribution in [2.24, 2.45) is 0 Å². The topological polar surface area (TPSA) is 56.0 Å². The van der Waals surface area contributed by atoms with Crippen LogP contribution in [-0.4, -0.2) is 10.8 Å². The van der Waals surface area contributed by atoms with Gasteiger partial charge in [0.15, 0.2) is 0 Å². The van der Waals surface area contributed by atoms with Gasteiger partial charge in [0.2, 0.25) is 5.78 Å². The van der Waals surface area contributed by atoms with E-state index in [1.165, 1.54) is 16.9 Å². The second kappa shape index (κ2) is 8.23. The van der Waals surface area contributed by atoms with Gasteiger partial charge >= 0.3 is 0 Å². The van der Waals surface area contributed by atoms with E-state index in [1.54, 1.807) is 24.3 Å². The number of hydrogen-bond donors (Lipinski definition) is 1. The molecule has 32 heavy (non-hydrogen) atoms. The molecule has 0 fully saturated rings. The molecule has 0 saturated carbocycles. The summed E-state index contributed by atoms with van der Waals surface area (Å²) < 4.78 is 0. The maximum atomic E-state index is 13.2. The van der Waals surface area contributed by atoms with E-state index in [9.17, 15) is 4.79 Å². The number of pyridine rings is 1. The average Bonchev–Trinajstić information content (AvgIpc) is 3.16. The molecule has 156 valence electrons. The van der Waals surface area contributed by atoms with Crippen LogP contribution in [0.4, 0.5) is 5.69 Å². The number of hydrogen-bond acceptors (Lipinski definition) is 4. The molecule has 0 amide bonds. The Hall–Kier alpha value is -3.47. The van der Waals surface area contributed by atoms with Gasteiger partial charge in [-0.2, -0.15) is 0 Å². The summed E-state index contributed by atoms with van der Waals surface area (Å²) in [4.78, 5) is 19.4. The number of nitrogens with zero attached hydrogens (tertiary/aromatic N) is 1. The van der Waals surface area contributed by atoms with Crippen molar-refractivity contribution in [3.8, 4) is 22.4 Å². The molecule has 0 radical (unpaired) electrons. The number of aromatic nitrogens is 1. The van der Waals surface area contributed by atoms with Crippen molar-refractivity contribution in [3.63, 3.8) is 0 Å². The summed E-state index contributed by atoms with van der Waals surface area (Å²) >= 11 is 7.32. The number of halogens is 1. The molecule has 5 rings (SSSR count). The molecule has 0 aliphatic heterocycles. The van der Waals surface area contributed by atoms with Crippen LogP contribution < -0.4 is 5.73 Å². The zero-order valence-corrected chi connectivity index (χ0v) is 18.9. The molecule has 2 aromatic heterocycles. The van der Waals surface area contributed by atoms with E-state index in [-0.39, 0.29) is 5.78 Å². The monoisotopic (exact) mass is 454 g/mol. The van der Waals surface area contributed by atoms with Gasteiger partial charge in [0, 0.05) is 21.5 Å². The fourth-order valence-electron chi connectivity index (χ4n) is 3.74. The fourth-order valence-corrected chi connectivity index (χ4v) is 4.95. The number of rotatable bonds is 4. The Labute approximate surface area is 195 Å². The van der Waals surface area contributed by atoms with Crippen LogP contribution in [0.5, 0.6) is 0 Å². The Morgan fingerprint density at radius 1 is 0.906 bits per heavy atom. The fraction of sp³-hybridized carbons (Fsp3) is 0.0370. The molecule has 5 heteroatoms. The van der Waals surface area contributed by atoms with Gasteiger partial charge in [-0.25, -0.2) is 4.98 Å². The molecular formula is C27H19ClN2OS. The third kappa shape index (κ3) is 3.68. The maximum Gasteiger partial charge on any atom is 0.205 e. The van der Waals surface area contributed by atoms with E-state index >= 15 is 0 Å². The average molecular weight is 455 g/mol. The highest BCUT2D eigenvalue weighted by Crippen LogP contribution is 2.42. The molecule has 5 aromatic rings. The number of thiophene rings is 1. The molecule has 0 unspecified atom stereocenters. The molecule has 0 saturated heterocycles. The molecule has 2 heterocycles. The highest BCUT2D eigenvalue weighted by atomic mass is 35.5. The summed E-state index contributed by atoms with van der Waals surface area (Å²) in [5, 5.41) is 1.40. The number of anilines is 1. The van der Waals surface area contributed by atoms with Crippen LogP contribution in [-0.2, 0) is 0 Å². The third-order valence-corrected chi connectivity index (χ3v) is 6.79. The number of aryl methyl sites for hydroxylation is 1. The summed E-state index contributed by atoms with van der Waals surface area (Å²) in [7, 11) is 0. The quantitative estimate of drug-likeness (QED) is 0.288. The van der Waals surface area contributed by atoms with Gasteiger partial charge in [-0.05, 0) is 48.4 Å². The zero-order valence-electron chi connectivity index (χ0n) is 17.3. The SMILES string of the molecule is Cc1ccc(-c2cc(-c3ccccc3)c3c(N)c(C(=O)c4ccc(Cl)cc4)sc3n2)cc1. The van der Waals surface area contributed by atoms with Crippen LogP contribution in [0.3, 0.4) is 0 Å². The second-order valence-corrected chi connectivity index (χ2v) is 9.08.